The fourth-order valence-corrected chi connectivity index (χ4v) is 3.33. The van der Waals surface area contributed by atoms with Crippen molar-refractivity contribution in [2.24, 2.45) is 0 Å². The molecule has 2 N–H and O–H groups in total. The third-order valence-electron chi connectivity index (χ3n) is 2.48. The molecule has 0 aromatic heterocycles. The zero-order chi connectivity index (χ0) is 10.1. The van der Waals surface area contributed by atoms with Crippen molar-refractivity contribution < 1.29 is 5.11 Å². The molecule has 1 aliphatic heterocycles. The first kappa shape index (κ1) is 10.5. The van der Waals surface area contributed by atoms with Crippen molar-refractivity contribution in [1.29, 1.82) is 0 Å². The number of phenols is 1. The second-order valence-electron chi connectivity index (χ2n) is 3.47. The van der Waals surface area contributed by atoms with Gasteiger partial charge in [0, 0.05) is 20.6 Å². The molecule has 1 heterocycles. The van der Waals surface area contributed by atoms with E-state index in [1.165, 1.54) is 6.42 Å². The smallest absolute Gasteiger partial charge is 0.122 e. The number of aromatic hydroxyl groups is 1. The van der Waals surface area contributed by atoms with Crippen LogP contribution in [0.3, 0.4) is 0 Å². The molecule has 0 amide bonds. The van der Waals surface area contributed by atoms with Gasteiger partial charge in [-0.2, -0.15) is 0 Å². The molecule has 0 aliphatic carbocycles. The van der Waals surface area contributed by atoms with Crippen molar-refractivity contribution in [3.8, 4) is 5.75 Å². The normalized spacial score (nSPS) is 21.4. The molecule has 0 radical (unpaired) electrons. The minimum atomic E-state index is 0.289. The highest BCUT2D eigenvalue weighted by Gasteiger charge is 2.21. The Balaban J connectivity index is 2.40. The van der Waals surface area contributed by atoms with Crippen molar-refractivity contribution in [2.45, 2.75) is 18.9 Å². The van der Waals surface area contributed by atoms with Crippen LogP contribution in [0.5, 0.6) is 5.75 Å². The highest BCUT2D eigenvalue weighted by molar-refractivity contribution is 9.11. The number of nitrogens with one attached hydrogen (secondary N) is 1. The Morgan fingerprint density at radius 2 is 2.14 bits per heavy atom. The van der Waals surface area contributed by atoms with Crippen LogP contribution >= 0.6 is 31.9 Å². The van der Waals surface area contributed by atoms with Crippen LogP contribution in [0.1, 0.15) is 24.4 Å². The number of halogens is 2. The minimum absolute atomic E-state index is 0.289. The van der Waals surface area contributed by atoms with Gasteiger partial charge in [-0.15, -0.1) is 0 Å². The van der Waals surface area contributed by atoms with E-state index >= 15 is 0 Å². The summed E-state index contributed by atoms with van der Waals surface area (Å²) in [6.45, 7) is 1.03. The number of hydrogen-bond donors (Lipinski definition) is 2. The van der Waals surface area contributed by atoms with Crippen LogP contribution in [0.25, 0.3) is 0 Å². The van der Waals surface area contributed by atoms with Gasteiger partial charge in [0.15, 0.2) is 0 Å². The lowest BCUT2D eigenvalue weighted by Crippen LogP contribution is -2.13. The quantitative estimate of drug-likeness (QED) is 0.831. The van der Waals surface area contributed by atoms with Gasteiger partial charge in [-0.05, 0) is 31.5 Å². The predicted molar refractivity (Wildman–Crippen MR) is 63.5 cm³/mol. The summed E-state index contributed by atoms with van der Waals surface area (Å²) in [6, 6.07) is 3.99. The van der Waals surface area contributed by atoms with Gasteiger partial charge < -0.3 is 10.4 Å². The van der Waals surface area contributed by atoms with Crippen molar-refractivity contribution in [3.05, 3.63) is 26.6 Å². The highest BCUT2D eigenvalue weighted by atomic mass is 79.9. The highest BCUT2D eigenvalue weighted by Crippen LogP contribution is 2.38. The van der Waals surface area contributed by atoms with Crippen molar-refractivity contribution >= 4 is 31.9 Å². The maximum absolute atomic E-state index is 9.83. The molecule has 0 saturated carbocycles. The molecule has 0 bridgehead atoms. The Morgan fingerprint density at radius 1 is 1.36 bits per heavy atom. The van der Waals surface area contributed by atoms with Crippen LogP contribution in [-0.2, 0) is 0 Å². The van der Waals surface area contributed by atoms with E-state index in [-0.39, 0.29) is 6.04 Å². The summed E-state index contributed by atoms with van der Waals surface area (Å²) in [5.74, 6) is 0.352. The van der Waals surface area contributed by atoms with Crippen LogP contribution in [-0.4, -0.2) is 11.7 Å². The molecule has 1 saturated heterocycles. The van der Waals surface area contributed by atoms with Crippen LogP contribution in [0.15, 0.2) is 21.1 Å². The summed E-state index contributed by atoms with van der Waals surface area (Å²) in [5.41, 5.74) is 0.978. The number of benzene rings is 1. The molecular weight excluding hydrogens is 310 g/mol. The van der Waals surface area contributed by atoms with E-state index in [1.807, 2.05) is 6.07 Å². The van der Waals surface area contributed by atoms with E-state index < -0.39 is 0 Å². The molecule has 1 fully saturated rings. The van der Waals surface area contributed by atoms with E-state index in [2.05, 4.69) is 37.2 Å². The lowest BCUT2D eigenvalue weighted by molar-refractivity contribution is 0.455. The molecule has 2 rings (SSSR count). The first-order valence-electron chi connectivity index (χ1n) is 4.60. The first-order valence-corrected chi connectivity index (χ1v) is 6.18. The fraction of sp³-hybridized carbons (Fsp3) is 0.400. The summed E-state index contributed by atoms with van der Waals surface area (Å²) in [5, 5.41) is 13.2. The molecule has 0 spiro atoms. The Labute approximate surface area is 100.0 Å². The van der Waals surface area contributed by atoms with Crippen LogP contribution < -0.4 is 5.32 Å². The molecule has 1 aliphatic rings. The molecule has 1 atom stereocenters. The van der Waals surface area contributed by atoms with Crippen LogP contribution in [0.4, 0.5) is 0 Å². The molecule has 1 aromatic carbocycles. The zero-order valence-electron chi connectivity index (χ0n) is 7.56. The zero-order valence-corrected chi connectivity index (χ0v) is 10.7. The standard InChI is InChI=1S/C10H11Br2NO/c11-6-4-7(12)10(9(14)5-6)8-2-1-3-13-8/h4-5,8,13-14H,1-3H2/t8-/m1/s1. The Hall–Kier alpha value is -0.0600. The lowest BCUT2D eigenvalue weighted by atomic mass is 10.0. The Bertz CT molecular complexity index is 325. The Kier molecular flexibility index (Phi) is 3.14. The maximum atomic E-state index is 9.83. The van der Waals surface area contributed by atoms with Crippen molar-refractivity contribution in [1.82, 2.24) is 5.32 Å². The Morgan fingerprint density at radius 3 is 2.71 bits per heavy atom. The average molecular weight is 321 g/mol. The molecule has 4 heteroatoms. The van der Waals surface area contributed by atoms with Crippen LogP contribution in [0.2, 0.25) is 0 Å². The van der Waals surface area contributed by atoms with Gasteiger partial charge in [0.2, 0.25) is 0 Å². The molecule has 1 aromatic rings. The van der Waals surface area contributed by atoms with E-state index in [0.717, 1.165) is 27.5 Å². The third kappa shape index (κ3) is 1.97. The molecule has 14 heavy (non-hydrogen) atoms. The maximum Gasteiger partial charge on any atom is 0.122 e. The second-order valence-corrected chi connectivity index (χ2v) is 5.24. The van der Waals surface area contributed by atoms with Gasteiger partial charge >= 0.3 is 0 Å². The monoisotopic (exact) mass is 319 g/mol. The molecule has 76 valence electrons. The predicted octanol–water partition coefficient (Wildman–Crippen LogP) is 3.34. The average Bonchev–Trinajstić information content (AvgIpc) is 2.54. The lowest BCUT2D eigenvalue weighted by Gasteiger charge is -2.14. The SMILES string of the molecule is Oc1cc(Br)cc(Br)c1[C@H]1CCCN1. The van der Waals surface area contributed by atoms with E-state index in [4.69, 9.17) is 0 Å². The molecule has 2 nitrogen and oxygen atoms in total. The second kappa shape index (κ2) is 4.21. The van der Waals surface area contributed by atoms with E-state index in [0.29, 0.717) is 5.75 Å². The molecular formula is C10H11Br2NO. The van der Waals surface area contributed by atoms with Crippen molar-refractivity contribution in [3.63, 3.8) is 0 Å². The summed E-state index contributed by atoms with van der Waals surface area (Å²) in [4.78, 5) is 0. The van der Waals surface area contributed by atoms with Crippen molar-refractivity contribution in [2.75, 3.05) is 6.54 Å². The number of hydrogen-bond acceptors (Lipinski definition) is 2. The third-order valence-corrected chi connectivity index (χ3v) is 3.60. The number of rotatable bonds is 1. The fourth-order valence-electron chi connectivity index (χ4n) is 1.85. The summed E-state index contributed by atoms with van der Waals surface area (Å²) in [6.07, 6.45) is 2.26. The van der Waals surface area contributed by atoms with E-state index in [1.54, 1.807) is 6.07 Å². The van der Waals surface area contributed by atoms with Gasteiger partial charge in [0.05, 0.1) is 0 Å². The summed E-state index contributed by atoms with van der Waals surface area (Å²) < 4.78 is 1.85. The van der Waals surface area contributed by atoms with Gasteiger partial charge in [-0.3, -0.25) is 0 Å². The summed E-state index contributed by atoms with van der Waals surface area (Å²) >= 11 is 6.82. The minimum Gasteiger partial charge on any atom is -0.508 e. The molecule has 0 unspecified atom stereocenters. The number of phenolic OH excluding ortho intramolecular Hbond substituents is 1. The van der Waals surface area contributed by atoms with Gasteiger partial charge in [0.25, 0.3) is 0 Å². The first-order chi connectivity index (χ1) is 6.68. The summed E-state index contributed by atoms with van der Waals surface area (Å²) in [7, 11) is 0. The van der Waals surface area contributed by atoms with Crippen LogP contribution in [0, 0.1) is 0 Å². The van der Waals surface area contributed by atoms with Gasteiger partial charge in [-0.25, -0.2) is 0 Å². The topological polar surface area (TPSA) is 32.3 Å². The van der Waals surface area contributed by atoms with Gasteiger partial charge in [-0.1, -0.05) is 31.9 Å². The van der Waals surface area contributed by atoms with Gasteiger partial charge in [0.1, 0.15) is 5.75 Å². The largest absolute Gasteiger partial charge is 0.508 e. The van der Waals surface area contributed by atoms with E-state index in [9.17, 15) is 5.11 Å².